The van der Waals surface area contributed by atoms with Gasteiger partial charge in [0.1, 0.15) is 5.69 Å². The fourth-order valence-electron chi connectivity index (χ4n) is 5.58. The van der Waals surface area contributed by atoms with Crippen LogP contribution in [0.4, 0.5) is 10.3 Å². The van der Waals surface area contributed by atoms with Gasteiger partial charge in [-0.25, -0.2) is 14.4 Å². The van der Waals surface area contributed by atoms with Gasteiger partial charge in [-0.1, -0.05) is 6.07 Å². The van der Waals surface area contributed by atoms with Gasteiger partial charge >= 0.3 is 0 Å². The van der Waals surface area contributed by atoms with Crippen molar-refractivity contribution in [3.8, 4) is 11.3 Å². The predicted molar refractivity (Wildman–Crippen MR) is 146 cm³/mol. The van der Waals surface area contributed by atoms with Crippen molar-refractivity contribution in [2.45, 2.75) is 64.9 Å². The fraction of sp³-hybridized carbons (Fsp3) is 0.536. The third-order valence-corrected chi connectivity index (χ3v) is 7.57. The Morgan fingerprint density at radius 1 is 1.34 bits per heavy atom. The number of fused-ring (bicyclic) bond motifs is 1. The number of rotatable bonds is 6. The van der Waals surface area contributed by atoms with Gasteiger partial charge in [-0.15, -0.1) is 0 Å². The number of nitrogens with zero attached hydrogens (tertiary/aromatic N) is 4. The van der Waals surface area contributed by atoms with E-state index in [-0.39, 0.29) is 35.8 Å². The highest BCUT2D eigenvalue weighted by Crippen LogP contribution is 2.29. The van der Waals surface area contributed by atoms with Crippen LogP contribution in [0.15, 0.2) is 29.2 Å². The molecule has 2 saturated heterocycles. The van der Waals surface area contributed by atoms with E-state index in [1.165, 1.54) is 0 Å². The van der Waals surface area contributed by atoms with Crippen molar-refractivity contribution in [1.29, 1.82) is 0 Å². The lowest BCUT2D eigenvalue weighted by atomic mass is 10.0. The van der Waals surface area contributed by atoms with E-state index in [1.54, 1.807) is 12.1 Å². The lowest BCUT2D eigenvalue weighted by Gasteiger charge is -2.34. The van der Waals surface area contributed by atoms with Crippen molar-refractivity contribution in [2.75, 3.05) is 38.2 Å². The molecule has 5 rings (SSSR count). The fourth-order valence-corrected chi connectivity index (χ4v) is 5.58. The summed E-state index contributed by atoms with van der Waals surface area (Å²) >= 11 is 0. The molecule has 2 aliphatic rings. The van der Waals surface area contributed by atoms with Gasteiger partial charge in [0.25, 0.3) is 0 Å². The molecule has 2 aromatic heterocycles. The van der Waals surface area contributed by atoms with Crippen LogP contribution in [0.2, 0.25) is 0 Å². The minimum atomic E-state index is -0.692. The summed E-state index contributed by atoms with van der Waals surface area (Å²) in [5, 5.41) is 17.4. The summed E-state index contributed by atoms with van der Waals surface area (Å²) in [6.07, 6.45) is 1.05. The first-order chi connectivity index (χ1) is 18.2. The molecule has 0 aliphatic carbocycles. The number of aliphatic hydroxyl groups excluding tert-OH is 1. The Hall–Kier alpha value is -2.92. The Balaban J connectivity index is 1.57. The first-order valence-corrected chi connectivity index (χ1v) is 13.4. The Kier molecular flexibility index (Phi) is 7.76. The maximum Gasteiger partial charge on any atom is 0.223 e. The van der Waals surface area contributed by atoms with Crippen LogP contribution in [0, 0.1) is 12.7 Å². The van der Waals surface area contributed by atoms with Gasteiger partial charge in [0.05, 0.1) is 30.5 Å². The molecule has 0 spiro atoms. The van der Waals surface area contributed by atoms with Crippen LogP contribution in [-0.2, 0) is 11.3 Å². The van der Waals surface area contributed by atoms with Crippen molar-refractivity contribution in [2.24, 2.45) is 0 Å². The van der Waals surface area contributed by atoms with Crippen LogP contribution in [0.25, 0.3) is 22.2 Å². The van der Waals surface area contributed by atoms with Crippen LogP contribution in [-0.4, -0.2) is 75.6 Å². The molecule has 0 radical (unpaired) electrons. The number of nitrogens with one attached hydrogen (secondary N) is 2. The van der Waals surface area contributed by atoms with Crippen LogP contribution < -0.4 is 16.1 Å². The third-order valence-electron chi connectivity index (χ3n) is 7.57. The second-order valence-electron chi connectivity index (χ2n) is 10.8. The minimum absolute atomic E-state index is 0.000605. The van der Waals surface area contributed by atoms with E-state index in [9.17, 15) is 9.90 Å². The number of aliphatic hydroxyl groups is 1. The standard InChI is InChI=1S/C28H37FN6O3/c1-16(2)35-23-11-19(26-21(29)12-31-28(33-26)32-22-7-10-38-15-25(22)36)5-6-20(23)27(37)18(4)24(35)14-34-9-8-30-17(3)13-34/h5-6,11-12,16-17,22,25,30,36H,7-10,13-15H2,1-4H3,(H,31,32,33)/t17-,22-,25-/m1/s1. The van der Waals surface area contributed by atoms with Gasteiger partial charge in [-0.05, 0) is 46.2 Å². The normalized spacial score (nSPS) is 22.8. The summed E-state index contributed by atoms with van der Waals surface area (Å²) in [6.45, 7) is 12.5. The summed E-state index contributed by atoms with van der Waals surface area (Å²) in [4.78, 5) is 24.4. The minimum Gasteiger partial charge on any atom is -0.389 e. The van der Waals surface area contributed by atoms with Gasteiger partial charge in [-0.3, -0.25) is 9.69 Å². The van der Waals surface area contributed by atoms with Crippen molar-refractivity contribution in [3.05, 3.63) is 51.7 Å². The lowest BCUT2D eigenvalue weighted by molar-refractivity contribution is -0.0136. The smallest absolute Gasteiger partial charge is 0.223 e. The number of ether oxygens (including phenoxy) is 1. The molecule has 0 amide bonds. The average Bonchev–Trinajstić information content (AvgIpc) is 2.89. The van der Waals surface area contributed by atoms with Crippen LogP contribution in [0.3, 0.4) is 0 Å². The van der Waals surface area contributed by atoms with E-state index in [4.69, 9.17) is 4.74 Å². The van der Waals surface area contributed by atoms with Crippen LogP contribution in [0.5, 0.6) is 0 Å². The van der Waals surface area contributed by atoms with Gasteiger partial charge in [-0.2, -0.15) is 0 Å². The highest BCUT2D eigenvalue weighted by atomic mass is 19.1. The number of benzene rings is 1. The topological polar surface area (TPSA) is 105 Å². The van der Waals surface area contributed by atoms with Gasteiger partial charge in [0, 0.05) is 67.1 Å². The van der Waals surface area contributed by atoms with Gasteiger partial charge < -0.3 is 25.0 Å². The van der Waals surface area contributed by atoms with E-state index < -0.39 is 11.9 Å². The number of pyridine rings is 1. The molecule has 2 aliphatic heterocycles. The summed E-state index contributed by atoms with van der Waals surface area (Å²) in [7, 11) is 0. The SMILES string of the molecule is Cc1c(CN2CCN[C@H](C)C2)n(C(C)C)c2cc(-c3nc(N[C@@H]4CCOC[C@H]4O)ncc3F)ccc2c1=O. The van der Waals surface area contributed by atoms with Crippen molar-refractivity contribution < 1.29 is 14.2 Å². The first-order valence-electron chi connectivity index (χ1n) is 13.4. The molecule has 3 atom stereocenters. The molecular formula is C28H37FN6O3. The molecule has 2 fully saturated rings. The van der Waals surface area contributed by atoms with Crippen molar-refractivity contribution in [1.82, 2.24) is 24.8 Å². The first kappa shape index (κ1) is 26.7. The largest absolute Gasteiger partial charge is 0.389 e. The molecule has 0 unspecified atom stereocenters. The predicted octanol–water partition coefficient (Wildman–Crippen LogP) is 2.84. The van der Waals surface area contributed by atoms with Crippen LogP contribution >= 0.6 is 0 Å². The zero-order chi connectivity index (χ0) is 27.0. The highest BCUT2D eigenvalue weighted by Gasteiger charge is 2.25. The average molecular weight is 525 g/mol. The zero-order valence-corrected chi connectivity index (χ0v) is 22.5. The Morgan fingerprint density at radius 3 is 2.89 bits per heavy atom. The van der Waals surface area contributed by atoms with E-state index in [0.29, 0.717) is 36.6 Å². The maximum atomic E-state index is 15.0. The number of aromatic nitrogens is 3. The summed E-state index contributed by atoms with van der Waals surface area (Å²) in [6, 6.07) is 5.57. The number of anilines is 1. The van der Waals surface area contributed by atoms with Crippen molar-refractivity contribution in [3.63, 3.8) is 0 Å². The summed E-state index contributed by atoms with van der Waals surface area (Å²) in [5.74, 6) is -0.311. The molecule has 1 aromatic carbocycles. The van der Waals surface area contributed by atoms with Gasteiger partial charge in [0.15, 0.2) is 11.2 Å². The maximum absolute atomic E-state index is 15.0. The Morgan fingerprint density at radius 2 is 2.16 bits per heavy atom. The second kappa shape index (κ2) is 11.1. The quantitative estimate of drug-likeness (QED) is 0.452. The highest BCUT2D eigenvalue weighted by molar-refractivity contribution is 5.85. The van der Waals surface area contributed by atoms with E-state index in [2.05, 4.69) is 50.8 Å². The second-order valence-corrected chi connectivity index (χ2v) is 10.8. The number of piperazine rings is 1. The third kappa shape index (κ3) is 5.31. The molecule has 3 N–H and O–H groups in total. The van der Waals surface area contributed by atoms with Gasteiger partial charge in [0.2, 0.25) is 5.95 Å². The number of hydrogen-bond donors (Lipinski definition) is 3. The molecule has 3 aromatic rings. The molecule has 9 nitrogen and oxygen atoms in total. The molecule has 0 saturated carbocycles. The zero-order valence-electron chi connectivity index (χ0n) is 22.5. The molecule has 38 heavy (non-hydrogen) atoms. The number of halogens is 1. The van der Waals surface area contributed by atoms with E-state index in [1.807, 2.05) is 13.0 Å². The lowest BCUT2D eigenvalue weighted by Crippen LogP contribution is -2.49. The van der Waals surface area contributed by atoms with Crippen LogP contribution in [0.1, 0.15) is 44.5 Å². The molecule has 4 heterocycles. The summed E-state index contributed by atoms with van der Waals surface area (Å²) < 4.78 is 22.5. The van der Waals surface area contributed by atoms with E-state index >= 15 is 4.39 Å². The van der Waals surface area contributed by atoms with Crippen molar-refractivity contribution >= 4 is 16.9 Å². The molecule has 204 valence electrons. The van der Waals surface area contributed by atoms with E-state index in [0.717, 1.165) is 42.6 Å². The molecular weight excluding hydrogens is 487 g/mol. The molecule has 10 heteroatoms. The number of hydrogen-bond acceptors (Lipinski definition) is 8. The monoisotopic (exact) mass is 524 g/mol. The Labute approximate surface area is 222 Å². The Bertz CT molecular complexity index is 1380. The summed E-state index contributed by atoms with van der Waals surface area (Å²) in [5.41, 5.74) is 3.21. The molecule has 0 bridgehead atoms.